The van der Waals surface area contributed by atoms with Crippen molar-refractivity contribution in [2.75, 3.05) is 40.4 Å². The molecule has 0 aromatic rings. The summed E-state index contributed by atoms with van der Waals surface area (Å²) in [5.41, 5.74) is 0. The van der Waals surface area contributed by atoms with Crippen molar-refractivity contribution in [1.29, 1.82) is 0 Å². The maximum atomic E-state index is 11.6. The molecule has 1 aliphatic heterocycles. The molecule has 0 saturated carbocycles. The van der Waals surface area contributed by atoms with Crippen LogP contribution in [0, 0.1) is 12.3 Å². The van der Waals surface area contributed by atoms with Crippen LogP contribution < -0.4 is 0 Å². The van der Waals surface area contributed by atoms with Gasteiger partial charge < -0.3 is 28.2 Å². The van der Waals surface area contributed by atoms with E-state index in [1.165, 1.54) is 20.8 Å². The van der Waals surface area contributed by atoms with E-state index in [0.717, 1.165) is 19.4 Å². The second-order valence-corrected chi connectivity index (χ2v) is 7.60. The van der Waals surface area contributed by atoms with Crippen molar-refractivity contribution in [1.82, 2.24) is 0 Å². The molecule has 0 aliphatic carbocycles. The Balaban J connectivity index is 2.72. The number of terminal acetylenes is 1. The number of ether oxygens (including phenoxy) is 5. The Hall–Kier alpha value is -2.15. The number of hydrogen-bond donors (Lipinski definition) is 0. The lowest BCUT2D eigenvalue weighted by atomic mass is 10.0. The van der Waals surface area contributed by atoms with Crippen LogP contribution in [0.25, 0.3) is 0 Å². The maximum absolute atomic E-state index is 11.6. The van der Waals surface area contributed by atoms with Gasteiger partial charge in [0.05, 0.1) is 33.9 Å². The zero-order valence-corrected chi connectivity index (χ0v) is 17.8. The Labute approximate surface area is 172 Å². The number of nitrogens with zero attached hydrogens (tertiary/aromatic N) is 1. The Bertz CT molecular complexity index is 612. The lowest BCUT2D eigenvalue weighted by Crippen LogP contribution is -2.58. The minimum absolute atomic E-state index is 0.0496. The molecule has 0 amide bonds. The second kappa shape index (κ2) is 11.8. The topological polar surface area (TPSA) is 97.4 Å². The number of hydrogen-bond acceptors (Lipinski definition) is 8. The highest BCUT2D eigenvalue weighted by Gasteiger charge is 2.47. The van der Waals surface area contributed by atoms with Crippen LogP contribution in [0.4, 0.5) is 0 Å². The lowest BCUT2D eigenvalue weighted by molar-refractivity contribution is -0.883. The molecule has 29 heavy (non-hydrogen) atoms. The van der Waals surface area contributed by atoms with Crippen LogP contribution in [0.2, 0.25) is 0 Å². The molecule has 9 heteroatoms. The van der Waals surface area contributed by atoms with Crippen LogP contribution in [0.3, 0.4) is 0 Å². The highest BCUT2D eigenvalue weighted by molar-refractivity contribution is 5.68. The molecule has 1 fully saturated rings. The Kier molecular flexibility index (Phi) is 10.1. The third kappa shape index (κ3) is 9.26. The molecule has 1 aliphatic rings. The fourth-order valence-electron chi connectivity index (χ4n) is 3.02. The molecule has 1 saturated heterocycles. The average molecular weight is 414 g/mol. The fourth-order valence-corrected chi connectivity index (χ4v) is 3.02. The molecule has 0 aromatic heterocycles. The molecule has 4 atom stereocenters. The van der Waals surface area contributed by atoms with Crippen molar-refractivity contribution in [3.63, 3.8) is 0 Å². The highest BCUT2D eigenvalue weighted by Crippen LogP contribution is 2.25. The van der Waals surface area contributed by atoms with Crippen molar-refractivity contribution in [3.8, 4) is 12.3 Å². The zero-order chi connectivity index (χ0) is 22.0. The molecule has 9 nitrogen and oxygen atoms in total. The van der Waals surface area contributed by atoms with Crippen LogP contribution >= 0.6 is 0 Å². The van der Waals surface area contributed by atoms with Crippen molar-refractivity contribution in [2.45, 2.75) is 58.2 Å². The third-order valence-electron chi connectivity index (χ3n) is 4.26. The molecule has 0 N–H and O–H groups in total. The highest BCUT2D eigenvalue weighted by atomic mass is 16.7. The van der Waals surface area contributed by atoms with E-state index in [9.17, 15) is 14.4 Å². The number of quaternary nitrogens is 1. The molecule has 0 spiro atoms. The Morgan fingerprint density at radius 3 is 2.14 bits per heavy atom. The smallest absolute Gasteiger partial charge is 0.303 e. The largest absolute Gasteiger partial charge is 0.456 e. The van der Waals surface area contributed by atoms with Crippen LogP contribution in [0.5, 0.6) is 0 Å². The van der Waals surface area contributed by atoms with Crippen molar-refractivity contribution < 1.29 is 42.6 Å². The van der Waals surface area contributed by atoms with Gasteiger partial charge in [0.1, 0.15) is 6.54 Å². The third-order valence-corrected chi connectivity index (χ3v) is 4.26. The summed E-state index contributed by atoms with van der Waals surface area (Å²) in [5, 5.41) is 0. The van der Waals surface area contributed by atoms with Crippen LogP contribution in [-0.2, 0) is 38.1 Å². The van der Waals surface area contributed by atoms with Gasteiger partial charge in [0, 0.05) is 20.8 Å². The van der Waals surface area contributed by atoms with Gasteiger partial charge in [-0.15, -0.1) is 6.42 Å². The molecule has 0 aromatic carbocycles. The SMILES string of the molecule is C#CC[N+](C)(C)CCCCO[C@H]1OC[C@H](OC(C)=O)[C@H](OC(C)=O)[C@H]1OC(C)=O. The quantitative estimate of drug-likeness (QED) is 0.169. The summed E-state index contributed by atoms with van der Waals surface area (Å²) in [4.78, 5) is 34.4. The van der Waals surface area contributed by atoms with E-state index in [4.69, 9.17) is 30.1 Å². The van der Waals surface area contributed by atoms with Crippen LogP contribution in [-0.4, -0.2) is 87.4 Å². The first-order valence-corrected chi connectivity index (χ1v) is 9.56. The summed E-state index contributed by atoms with van der Waals surface area (Å²) in [5.74, 6) is 0.898. The number of esters is 3. The minimum Gasteiger partial charge on any atom is -0.456 e. The molecule has 0 radical (unpaired) electrons. The van der Waals surface area contributed by atoms with Crippen LogP contribution in [0.1, 0.15) is 33.6 Å². The molecule has 1 heterocycles. The molecular weight excluding hydrogens is 382 g/mol. The molecule has 0 unspecified atom stereocenters. The zero-order valence-electron chi connectivity index (χ0n) is 17.8. The van der Waals surface area contributed by atoms with Crippen molar-refractivity contribution in [3.05, 3.63) is 0 Å². The summed E-state index contributed by atoms with van der Waals surface area (Å²) in [6.45, 7) is 5.50. The summed E-state index contributed by atoms with van der Waals surface area (Å²) in [6, 6.07) is 0. The van der Waals surface area contributed by atoms with Crippen molar-refractivity contribution in [2.24, 2.45) is 0 Å². The molecular formula is C20H32NO8+. The van der Waals surface area contributed by atoms with Gasteiger partial charge in [-0.25, -0.2) is 0 Å². The molecule has 0 bridgehead atoms. The van der Waals surface area contributed by atoms with Gasteiger partial charge in [0.15, 0.2) is 24.6 Å². The van der Waals surface area contributed by atoms with E-state index in [0.29, 0.717) is 17.6 Å². The first-order valence-electron chi connectivity index (χ1n) is 9.56. The number of unbranched alkanes of at least 4 members (excludes halogenated alkanes) is 1. The maximum Gasteiger partial charge on any atom is 0.303 e. The van der Waals surface area contributed by atoms with E-state index in [1.807, 2.05) is 0 Å². The summed E-state index contributed by atoms with van der Waals surface area (Å²) in [6.07, 6.45) is 3.07. The second-order valence-electron chi connectivity index (χ2n) is 7.60. The minimum atomic E-state index is -1.05. The van der Waals surface area contributed by atoms with Gasteiger partial charge in [-0.3, -0.25) is 14.4 Å². The van der Waals surface area contributed by atoms with E-state index in [1.54, 1.807) is 0 Å². The van der Waals surface area contributed by atoms with E-state index < -0.39 is 42.5 Å². The first-order chi connectivity index (χ1) is 13.6. The normalized spacial score (nSPS) is 24.3. The monoisotopic (exact) mass is 414 g/mol. The van der Waals surface area contributed by atoms with E-state index in [-0.39, 0.29) is 6.61 Å². The standard InChI is InChI=1S/C20H32NO8/c1-7-10-21(5,6)11-8-9-12-25-20-19(29-16(4)24)18(28-15(3)23)17(13-26-20)27-14(2)22/h1,17-20H,8-13H2,2-6H3/q+1/t17-,18-,19+,20-/m0/s1. The predicted octanol–water partition coefficient (Wildman–Crippen LogP) is 0.644. The summed E-state index contributed by atoms with van der Waals surface area (Å²) >= 11 is 0. The molecule has 1 rings (SSSR count). The lowest BCUT2D eigenvalue weighted by Gasteiger charge is -2.40. The van der Waals surface area contributed by atoms with Gasteiger partial charge in [-0.2, -0.15) is 0 Å². The molecule has 164 valence electrons. The van der Waals surface area contributed by atoms with Crippen LogP contribution in [0.15, 0.2) is 0 Å². The first kappa shape index (κ1) is 24.9. The summed E-state index contributed by atoms with van der Waals surface area (Å²) in [7, 11) is 4.11. The Morgan fingerprint density at radius 2 is 1.59 bits per heavy atom. The summed E-state index contributed by atoms with van der Waals surface area (Å²) < 4.78 is 27.8. The number of carbonyl (C=O) groups excluding carboxylic acids is 3. The Morgan fingerprint density at radius 1 is 1.00 bits per heavy atom. The van der Waals surface area contributed by atoms with Crippen molar-refractivity contribution >= 4 is 17.9 Å². The van der Waals surface area contributed by atoms with Gasteiger partial charge in [0.25, 0.3) is 0 Å². The predicted molar refractivity (Wildman–Crippen MR) is 102 cm³/mol. The number of rotatable bonds is 10. The van der Waals surface area contributed by atoms with E-state index >= 15 is 0 Å². The van der Waals surface area contributed by atoms with Gasteiger partial charge in [0.2, 0.25) is 0 Å². The fraction of sp³-hybridized carbons (Fsp3) is 0.750. The van der Waals surface area contributed by atoms with Gasteiger partial charge in [-0.05, 0) is 18.8 Å². The van der Waals surface area contributed by atoms with E-state index in [2.05, 4.69) is 20.0 Å². The number of carbonyl (C=O) groups is 3. The van der Waals surface area contributed by atoms with Gasteiger partial charge >= 0.3 is 17.9 Å². The average Bonchev–Trinajstić information content (AvgIpc) is 2.57. The van der Waals surface area contributed by atoms with Gasteiger partial charge in [-0.1, -0.05) is 0 Å².